The fourth-order valence-electron chi connectivity index (χ4n) is 7.89. The molecule has 1 aliphatic carbocycles. The lowest BCUT2D eigenvalue weighted by Crippen LogP contribution is -2.41. The molecule has 0 radical (unpaired) electrons. The number of aliphatic imine (C=N–C) groups is 3. The highest BCUT2D eigenvalue weighted by molar-refractivity contribution is 6.19. The highest BCUT2D eigenvalue weighted by Gasteiger charge is 2.55. The van der Waals surface area contributed by atoms with Gasteiger partial charge < -0.3 is 29.4 Å². The van der Waals surface area contributed by atoms with Crippen LogP contribution in [-0.4, -0.2) is 74.6 Å². The monoisotopic (exact) mass is 748 g/mol. The van der Waals surface area contributed by atoms with E-state index in [1.807, 2.05) is 52.0 Å². The van der Waals surface area contributed by atoms with Gasteiger partial charge in [-0.2, -0.15) is 0 Å². The largest absolute Gasteiger partial charge is 0.512 e. The maximum absolute atomic E-state index is 13.7. The van der Waals surface area contributed by atoms with Crippen LogP contribution in [0.15, 0.2) is 130 Å². The Morgan fingerprint density at radius 1 is 0.745 bits per heavy atom. The van der Waals surface area contributed by atoms with E-state index in [2.05, 4.69) is 5.32 Å². The molecular formula is C42H44N4O9. The molecule has 1 saturated heterocycles. The van der Waals surface area contributed by atoms with Crippen LogP contribution in [0.4, 0.5) is 0 Å². The Labute approximate surface area is 319 Å². The Kier molecular flexibility index (Phi) is 10.5. The summed E-state index contributed by atoms with van der Waals surface area (Å²) in [4.78, 5) is 66.7. The smallest absolute Gasteiger partial charge is 0.334 e. The van der Waals surface area contributed by atoms with E-state index in [1.165, 1.54) is 28.4 Å². The summed E-state index contributed by atoms with van der Waals surface area (Å²) < 4.78 is 20.3. The van der Waals surface area contributed by atoms with Crippen molar-refractivity contribution < 1.29 is 43.2 Å². The van der Waals surface area contributed by atoms with Crippen molar-refractivity contribution in [1.29, 1.82) is 0 Å². The van der Waals surface area contributed by atoms with E-state index in [9.17, 15) is 24.3 Å². The van der Waals surface area contributed by atoms with Crippen LogP contribution in [0, 0.1) is 11.3 Å². The SMILES string of the molecule is COC(=O)CCC1=C(C)C2=NC1=CC1=NC(=CC3=NC(=C(C)/C3=C(/C)O)C=C3NC(=C2)[C@@]2(C)C3=CC=C(C(=O)OC)[C@@H]2C(=O)OC)C(C)=C1CCC(=O)OC. The van der Waals surface area contributed by atoms with E-state index in [1.54, 1.807) is 19.1 Å². The lowest BCUT2D eigenvalue weighted by atomic mass is 9.64. The third-order valence-electron chi connectivity index (χ3n) is 11.0. The number of nitrogens with one attached hydrogen (secondary N) is 1. The van der Waals surface area contributed by atoms with Gasteiger partial charge in [-0.1, -0.05) is 12.2 Å². The molecule has 0 amide bonds. The Morgan fingerprint density at radius 2 is 1.38 bits per heavy atom. The Morgan fingerprint density at radius 3 is 2.00 bits per heavy atom. The number of carbonyl (C=O) groups excluding carboxylic acids is 4. The quantitative estimate of drug-likeness (QED) is 0.171. The van der Waals surface area contributed by atoms with Gasteiger partial charge in [-0.15, -0.1) is 0 Å². The number of carbonyl (C=O) groups is 4. The van der Waals surface area contributed by atoms with Gasteiger partial charge >= 0.3 is 23.9 Å². The molecule has 0 aromatic carbocycles. The summed E-state index contributed by atoms with van der Waals surface area (Å²) in [6.45, 7) is 9.16. The molecule has 13 heteroatoms. The second-order valence-electron chi connectivity index (χ2n) is 14.0. The van der Waals surface area contributed by atoms with Gasteiger partial charge in [0.1, 0.15) is 5.92 Å². The van der Waals surface area contributed by atoms with Crippen LogP contribution in [0.25, 0.3) is 0 Å². The van der Waals surface area contributed by atoms with Gasteiger partial charge in [0, 0.05) is 29.8 Å². The van der Waals surface area contributed by atoms with E-state index in [0.717, 1.165) is 22.3 Å². The van der Waals surface area contributed by atoms with Gasteiger partial charge in [-0.05, 0) is 105 Å². The fourth-order valence-corrected chi connectivity index (χ4v) is 7.89. The first kappa shape index (κ1) is 38.6. The first-order valence-electron chi connectivity index (χ1n) is 17.8. The molecule has 13 nitrogen and oxygen atoms in total. The summed E-state index contributed by atoms with van der Waals surface area (Å²) in [7, 11) is 5.22. The van der Waals surface area contributed by atoms with Crippen LogP contribution in [0.1, 0.15) is 60.3 Å². The van der Waals surface area contributed by atoms with Gasteiger partial charge in [-0.3, -0.25) is 14.4 Å². The molecule has 0 spiro atoms. The van der Waals surface area contributed by atoms with E-state index < -0.39 is 23.3 Å². The number of allylic oxidation sites excluding steroid dienone is 15. The van der Waals surface area contributed by atoms with Crippen LogP contribution in [-0.2, 0) is 38.1 Å². The molecule has 0 unspecified atom stereocenters. The number of hydrogen-bond acceptors (Lipinski definition) is 13. The van der Waals surface area contributed by atoms with Crippen LogP contribution in [0.2, 0.25) is 0 Å². The Balaban J connectivity index is 1.66. The third-order valence-corrected chi connectivity index (χ3v) is 11.0. The summed E-state index contributed by atoms with van der Waals surface area (Å²) in [6, 6.07) is 0. The number of esters is 4. The summed E-state index contributed by atoms with van der Waals surface area (Å²) in [6.07, 6.45) is 11.6. The van der Waals surface area contributed by atoms with E-state index >= 15 is 0 Å². The van der Waals surface area contributed by atoms with E-state index in [4.69, 9.17) is 33.9 Å². The van der Waals surface area contributed by atoms with Crippen molar-refractivity contribution in [3.05, 3.63) is 115 Å². The Hall–Kier alpha value is -6.11. The zero-order valence-electron chi connectivity index (χ0n) is 32.4. The minimum atomic E-state index is -1.18. The lowest BCUT2D eigenvalue weighted by Gasteiger charge is -2.36. The van der Waals surface area contributed by atoms with Crippen LogP contribution >= 0.6 is 0 Å². The van der Waals surface area contributed by atoms with Gasteiger partial charge in [0.05, 0.1) is 79.4 Å². The fraction of sp³-hybridized carbons (Fsp3) is 0.357. The second-order valence-corrected chi connectivity index (χ2v) is 14.0. The van der Waals surface area contributed by atoms with E-state index in [0.29, 0.717) is 75.2 Å². The molecule has 2 atom stereocenters. The number of aliphatic hydroxyl groups is 1. The molecule has 2 N–H and O–H groups in total. The van der Waals surface area contributed by atoms with Crippen molar-refractivity contribution >= 4 is 41.0 Å². The Bertz CT molecular complexity index is 2260. The molecule has 6 aliphatic rings. The maximum atomic E-state index is 13.7. The number of rotatable bonds is 8. The summed E-state index contributed by atoms with van der Waals surface area (Å²) in [5, 5.41) is 14.5. The normalized spacial score (nSPS) is 23.6. The number of fused-ring (bicyclic) bond motifs is 8. The van der Waals surface area contributed by atoms with Crippen molar-refractivity contribution in [3.63, 3.8) is 0 Å². The average Bonchev–Trinajstić information content (AvgIpc) is 3.82. The molecule has 6 rings (SSSR count). The van der Waals surface area contributed by atoms with Gasteiger partial charge in [0.2, 0.25) is 0 Å². The minimum absolute atomic E-state index is 0.0674. The van der Waals surface area contributed by atoms with Crippen molar-refractivity contribution in [3.8, 4) is 0 Å². The number of ether oxygens (including phenoxy) is 4. The van der Waals surface area contributed by atoms with Gasteiger partial charge in [0.25, 0.3) is 0 Å². The molecule has 5 heterocycles. The number of hydrogen-bond donors (Lipinski definition) is 2. The molecule has 0 saturated carbocycles. The summed E-state index contributed by atoms with van der Waals surface area (Å²) >= 11 is 0. The molecule has 0 aromatic heterocycles. The lowest BCUT2D eigenvalue weighted by molar-refractivity contribution is -0.150. The van der Waals surface area contributed by atoms with Crippen molar-refractivity contribution in [2.24, 2.45) is 26.3 Å². The highest BCUT2D eigenvalue weighted by atomic mass is 16.5. The van der Waals surface area contributed by atoms with Crippen LogP contribution < -0.4 is 5.32 Å². The second kappa shape index (κ2) is 15.0. The molecule has 55 heavy (non-hydrogen) atoms. The molecule has 286 valence electrons. The molecule has 0 aromatic rings. The topological polar surface area (TPSA) is 175 Å². The summed E-state index contributed by atoms with van der Waals surface area (Å²) in [5.74, 6) is -3.09. The van der Waals surface area contributed by atoms with Crippen molar-refractivity contribution in [2.45, 2.75) is 60.3 Å². The standard InChI is InChI=1S/C42H44N4O9/c1-20-24(11-14-36(48)52-6)31-18-32-25(12-15-37(49)53-7)21(2)30(44-32)19-35-42(5)27(13-10-26(40(50)54-8)39(42)41(51)55-9)33(46-35)16-29-22(3)38(23(4)47)34(45-29)17-28(20)43-31/h10,13,16-19,39,46-47H,11-12,14-15H2,1-9H3/b28-17?,32-18?,33-16?,35-19?,38-23+/t39-,42-/m1/s1. The number of nitrogens with zero attached hydrogens (tertiary/aromatic N) is 3. The first-order valence-corrected chi connectivity index (χ1v) is 17.8. The predicted octanol–water partition coefficient (Wildman–Crippen LogP) is 5.98. The zero-order valence-corrected chi connectivity index (χ0v) is 32.4. The molecular weight excluding hydrogens is 704 g/mol. The zero-order chi connectivity index (χ0) is 39.9. The minimum Gasteiger partial charge on any atom is -0.512 e. The van der Waals surface area contributed by atoms with Gasteiger partial charge in [-0.25, -0.2) is 19.8 Å². The molecule has 8 bridgehead atoms. The first-order chi connectivity index (χ1) is 26.2. The highest BCUT2D eigenvalue weighted by Crippen LogP contribution is 2.55. The predicted molar refractivity (Wildman–Crippen MR) is 205 cm³/mol. The maximum Gasteiger partial charge on any atom is 0.334 e. The molecule has 1 fully saturated rings. The number of methoxy groups -OCH3 is 4. The molecule has 5 aliphatic heterocycles. The van der Waals surface area contributed by atoms with Crippen molar-refractivity contribution in [2.75, 3.05) is 28.4 Å². The van der Waals surface area contributed by atoms with Crippen LogP contribution in [0.3, 0.4) is 0 Å². The number of aliphatic hydroxyl groups excluding tert-OH is 1. The average molecular weight is 749 g/mol. The third kappa shape index (κ3) is 6.68. The van der Waals surface area contributed by atoms with E-state index in [-0.39, 0.29) is 36.1 Å². The summed E-state index contributed by atoms with van der Waals surface area (Å²) in [5.41, 5.74) is 8.62. The van der Waals surface area contributed by atoms with Gasteiger partial charge in [0.15, 0.2) is 0 Å². The van der Waals surface area contributed by atoms with Crippen LogP contribution in [0.5, 0.6) is 0 Å². The van der Waals surface area contributed by atoms with Crippen molar-refractivity contribution in [1.82, 2.24) is 5.32 Å².